The lowest BCUT2D eigenvalue weighted by Crippen LogP contribution is -2.18. The van der Waals surface area contributed by atoms with Crippen LogP contribution >= 0.6 is 0 Å². The summed E-state index contributed by atoms with van der Waals surface area (Å²) in [4.78, 5) is 24.2. The van der Waals surface area contributed by atoms with Gasteiger partial charge in [0.2, 0.25) is 0 Å². The van der Waals surface area contributed by atoms with Crippen LogP contribution in [0.4, 0.5) is 0 Å². The highest BCUT2D eigenvalue weighted by Crippen LogP contribution is 2.35. The molecule has 1 saturated carbocycles. The van der Waals surface area contributed by atoms with E-state index >= 15 is 0 Å². The maximum Gasteiger partial charge on any atom is 0.305 e. The average Bonchev–Trinajstić information content (AvgIpc) is 2.99. The van der Waals surface area contributed by atoms with Crippen LogP contribution in [0.1, 0.15) is 60.3 Å². The zero-order chi connectivity index (χ0) is 20.1. The molecule has 1 fully saturated rings. The topological polar surface area (TPSA) is 74.3 Å². The minimum absolute atomic E-state index is 0.247. The van der Waals surface area contributed by atoms with Crippen molar-refractivity contribution in [3.05, 3.63) is 47.3 Å². The highest BCUT2D eigenvalue weighted by Gasteiger charge is 2.26. The van der Waals surface area contributed by atoms with Gasteiger partial charge in [-0.3, -0.25) is 9.59 Å². The van der Waals surface area contributed by atoms with E-state index in [2.05, 4.69) is 4.57 Å². The highest BCUT2D eigenvalue weighted by molar-refractivity contribution is 6.02. The fourth-order valence-electron chi connectivity index (χ4n) is 4.47. The molecule has 28 heavy (non-hydrogen) atoms. The van der Waals surface area contributed by atoms with Crippen LogP contribution in [-0.4, -0.2) is 23.6 Å². The van der Waals surface area contributed by atoms with Crippen molar-refractivity contribution in [3.8, 4) is 11.1 Å². The van der Waals surface area contributed by atoms with Gasteiger partial charge in [0.05, 0.1) is 19.1 Å². The Labute approximate surface area is 166 Å². The second-order valence-corrected chi connectivity index (χ2v) is 7.70. The number of hydrogen-bond donors (Lipinski definition) is 1. The molecule has 5 nitrogen and oxygen atoms in total. The SMILES string of the molecule is COC(=O)CCc1c(-c2ccccc2)c(C(N)=O)c(C)n1CC1CCCCC1. The summed E-state index contributed by atoms with van der Waals surface area (Å²) in [6, 6.07) is 9.85. The molecule has 0 atom stereocenters. The van der Waals surface area contributed by atoms with Crippen molar-refractivity contribution in [1.29, 1.82) is 0 Å². The first-order valence-corrected chi connectivity index (χ1v) is 10.2. The van der Waals surface area contributed by atoms with E-state index in [9.17, 15) is 9.59 Å². The third kappa shape index (κ3) is 4.29. The molecule has 0 radical (unpaired) electrons. The molecular formula is C23H30N2O3. The number of amides is 1. The highest BCUT2D eigenvalue weighted by atomic mass is 16.5. The van der Waals surface area contributed by atoms with Crippen LogP contribution in [0.25, 0.3) is 11.1 Å². The molecule has 3 rings (SSSR count). The number of primary amides is 1. The normalized spacial score (nSPS) is 14.8. The maximum atomic E-state index is 12.4. The third-order valence-electron chi connectivity index (χ3n) is 5.90. The van der Waals surface area contributed by atoms with Crippen LogP contribution in [-0.2, 0) is 22.5 Å². The summed E-state index contributed by atoms with van der Waals surface area (Å²) in [6.45, 7) is 2.84. The summed E-state index contributed by atoms with van der Waals surface area (Å²) in [5, 5.41) is 0. The van der Waals surface area contributed by atoms with Gasteiger partial charge in [0.25, 0.3) is 5.91 Å². The van der Waals surface area contributed by atoms with Gasteiger partial charge in [-0.05, 0) is 37.7 Å². The monoisotopic (exact) mass is 382 g/mol. The molecule has 0 bridgehead atoms. The van der Waals surface area contributed by atoms with Gasteiger partial charge in [-0.15, -0.1) is 0 Å². The molecule has 1 aromatic heterocycles. The molecule has 1 heterocycles. The number of carbonyl (C=O) groups is 2. The van der Waals surface area contributed by atoms with Crippen LogP contribution in [0.15, 0.2) is 30.3 Å². The van der Waals surface area contributed by atoms with E-state index in [0.717, 1.165) is 29.1 Å². The van der Waals surface area contributed by atoms with Crippen LogP contribution in [0.5, 0.6) is 0 Å². The fraction of sp³-hybridized carbons (Fsp3) is 0.478. The van der Waals surface area contributed by atoms with Crippen molar-refractivity contribution >= 4 is 11.9 Å². The number of esters is 1. The number of ether oxygens (including phenoxy) is 1. The molecule has 0 aliphatic heterocycles. The molecule has 5 heteroatoms. The molecule has 0 unspecified atom stereocenters. The number of carbonyl (C=O) groups excluding carboxylic acids is 2. The lowest BCUT2D eigenvalue weighted by Gasteiger charge is -2.24. The molecule has 1 aliphatic carbocycles. The van der Waals surface area contributed by atoms with Crippen LogP contribution < -0.4 is 5.73 Å². The molecule has 2 N–H and O–H groups in total. The number of hydrogen-bond acceptors (Lipinski definition) is 3. The van der Waals surface area contributed by atoms with Crippen LogP contribution in [0.3, 0.4) is 0 Å². The van der Waals surface area contributed by atoms with Crippen molar-refractivity contribution in [2.45, 2.75) is 58.4 Å². The Morgan fingerprint density at radius 1 is 1.14 bits per heavy atom. The van der Waals surface area contributed by atoms with Gasteiger partial charge in [-0.2, -0.15) is 0 Å². The van der Waals surface area contributed by atoms with Crippen molar-refractivity contribution in [2.75, 3.05) is 7.11 Å². The molecule has 0 spiro atoms. The summed E-state index contributed by atoms with van der Waals surface area (Å²) in [7, 11) is 1.40. The van der Waals surface area contributed by atoms with Gasteiger partial charge in [-0.1, -0.05) is 49.6 Å². The number of aromatic nitrogens is 1. The minimum Gasteiger partial charge on any atom is -0.469 e. The van der Waals surface area contributed by atoms with Crippen LogP contribution in [0, 0.1) is 12.8 Å². The van der Waals surface area contributed by atoms with Gasteiger partial charge in [0, 0.05) is 23.5 Å². The standard InChI is InChI=1S/C23H30N2O3/c1-16-21(23(24)27)22(18-11-7-4-8-12-18)19(13-14-20(26)28-2)25(16)15-17-9-5-3-6-10-17/h4,7-8,11-12,17H,3,5-6,9-10,13-15H2,1-2H3,(H2,24,27). The Hall–Kier alpha value is -2.56. The second kappa shape index (κ2) is 9.09. The largest absolute Gasteiger partial charge is 0.469 e. The van der Waals surface area contributed by atoms with E-state index < -0.39 is 5.91 Å². The molecule has 1 aliphatic rings. The van der Waals surface area contributed by atoms with Crippen molar-refractivity contribution < 1.29 is 14.3 Å². The zero-order valence-corrected chi connectivity index (χ0v) is 16.9. The van der Waals surface area contributed by atoms with E-state index in [1.54, 1.807) is 0 Å². The second-order valence-electron chi connectivity index (χ2n) is 7.70. The first-order valence-electron chi connectivity index (χ1n) is 10.2. The zero-order valence-electron chi connectivity index (χ0n) is 16.9. The predicted molar refractivity (Wildman–Crippen MR) is 110 cm³/mol. The molecule has 1 amide bonds. The number of nitrogens with zero attached hydrogens (tertiary/aromatic N) is 1. The number of nitrogens with two attached hydrogens (primary N) is 1. The van der Waals surface area contributed by atoms with E-state index in [1.165, 1.54) is 39.2 Å². The predicted octanol–water partition coefficient (Wildman–Crippen LogP) is 4.25. The molecule has 1 aromatic carbocycles. The molecule has 150 valence electrons. The summed E-state index contributed by atoms with van der Waals surface area (Å²) < 4.78 is 7.09. The Balaban J connectivity index is 2.10. The van der Waals surface area contributed by atoms with Crippen molar-refractivity contribution in [2.24, 2.45) is 11.7 Å². The number of rotatable bonds is 7. The smallest absolute Gasteiger partial charge is 0.305 e. The minimum atomic E-state index is -0.418. The quantitative estimate of drug-likeness (QED) is 0.728. The Morgan fingerprint density at radius 2 is 1.82 bits per heavy atom. The van der Waals surface area contributed by atoms with Crippen LogP contribution in [0.2, 0.25) is 0 Å². The Bertz CT molecular complexity index is 833. The van der Waals surface area contributed by atoms with Crippen molar-refractivity contribution in [1.82, 2.24) is 4.57 Å². The molecule has 2 aromatic rings. The summed E-state index contributed by atoms with van der Waals surface area (Å²) in [5.41, 5.74) is 10.1. The maximum absolute atomic E-state index is 12.4. The van der Waals surface area contributed by atoms with E-state index in [0.29, 0.717) is 17.9 Å². The Morgan fingerprint density at radius 3 is 2.43 bits per heavy atom. The summed E-state index contributed by atoms with van der Waals surface area (Å²) in [6.07, 6.45) is 7.05. The third-order valence-corrected chi connectivity index (χ3v) is 5.90. The van der Waals surface area contributed by atoms with Crippen molar-refractivity contribution in [3.63, 3.8) is 0 Å². The molecule has 0 saturated heterocycles. The first-order chi connectivity index (χ1) is 13.5. The van der Waals surface area contributed by atoms with Gasteiger partial charge >= 0.3 is 5.97 Å². The average molecular weight is 383 g/mol. The number of benzene rings is 1. The lowest BCUT2D eigenvalue weighted by molar-refractivity contribution is -0.140. The van der Waals surface area contributed by atoms with Gasteiger partial charge in [-0.25, -0.2) is 0 Å². The Kier molecular flexibility index (Phi) is 6.55. The molecular weight excluding hydrogens is 352 g/mol. The van der Waals surface area contributed by atoms with E-state index in [-0.39, 0.29) is 12.4 Å². The first kappa shape index (κ1) is 20.2. The van der Waals surface area contributed by atoms with Gasteiger partial charge in [0.1, 0.15) is 0 Å². The van der Waals surface area contributed by atoms with Gasteiger partial charge in [0.15, 0.2) is 0 Å². The summed E-state index contributed by atoms with van der Waals surface area (Å²) >= 11 is 0. The number of methoxy groups -OCH3 is 1. The fourth-order valence-corrected chi connectivity index (χ4v) is 4.47. The summed E-state index contributed by atoms with van der Waals surface area (Å²) in [5.74, 6) is -0.0677. The van der Waals surface area contributed by atoms with Gasteiger partial charge < -0.3 is 15.0 Å². The van der Waals surface area contributed by atoms with E-state index in [1.807, 2.05) is 37.3 Å². The lowest BCUT2D eigenvalue weighted by atomic mass is 9.89. The van der Waals surface area contributed by atoms with E-state index in [4.69, 9.17) is 10.5 Å².